The third-order valence-electron chi connectivity index (χ3n) is 5.40. The van der Waals surface area contributed by atoms with Gasteiger partial charge in [0.1, 0.15) is 16.8 Å². The minimum Gasteiger partial charge on any atom is -0.508 e. The predicted molar refractivity (Wildman–Crippen MR) is 136 cm³/mol. The lowest BCUT2D eigenvalue weighted by molar-refractivity contribution is -0.142. The molecule has 1 aromatic heterocycles. The number of methoxy groups -OCH3 is 1. The molecule has 3 aromatic carbocycles. The normalized spacial score (nSPS) is 11.7. The van der Waals surface area contributed by atoms with E-state index in [4.69, 9.17) is 4.74 Å². The maximum absolute atomic E-state index is 13.2. The van der Waals surface area contributed by atoms with E-state index in [0.717, 1.165) is 16.7 Å². The zero-order valence-electron chi connectivity index (χ0n) is 19.4. The smallest absolute Gasteiger partial charge is 0.328 e. The second kappa shape index (κ2) is 11.0. The Bertz CT molecular complexity index is 1340. The maximum Gasteiger partial charge on any atom is 0.328 e. The van der Waals surface area contributed by atoms with Crippen LogP contribution in [0.3, 0.4) is 0 Å². The Hall–Kier alpha value is -3.91. The number of hydrogen-bond acceptors (Lipinski definition) is 7. The molecular formula is C27H25N3O4S. The van der Waals surface area contributed by atoms with Crippen LogP contribution in [0.5, 0.6) is 5.75 Å². The van der Waals surface area contributed by atoms with Gasteiger partial charge in [0.2, 0.25) is 0 Å². The average molecular weight is 488 g/mol. The molecule has 4 aromatic rings. The molecule has 0 aliphatic heterocycles. The Labute approximate surface area is 207 Å². The molecule has 0 radical (unpaired) electrons. The molecule has 178 valence electrons. The summed E-state index contributed by atoms with van der Waals surface area (Å²) in [6, 6.07) is 21.5. The lowest BCUT2D eigenvalue weighted by atomic mass is 10.0. The van der Waals surface area contributed by atoms with Gasteiger partial charge in [-0.05, 0) is 34.6 Å². The lowest BCUT2D eigenvalue weighted by Gasteiger charge is -2.17. The fourth-order valence-electron chi connectivity index (χ4n) is 3.67. The quantitative estimate of drug-likeness (QED) is 0.276. The van der Waals surface area contributed by atoms with Gasteiger partial charge < -0.3 is 15.2 Å². The zero-order chi connectivity index (χ0) is 24.8. The third-order valence-corrected chi connectivity index (χ3v) is 6.25. The van der Waals surface area contributed by atoms with Gasteiger partial charge in [-0.2, -0.15) is 0 Å². The van der Waals surface area contributed by atoms with Crippen LogP contribution >= 0.6 is 11.8 Å². The van der Waals surface area contributed by atoms with Gasteiger partial charge in [0.25, 0.3) is 5.91 Å². The molecule has 0 saturated heterocycles. The number of thioether (sulfide) groups is 1. The summed E-state index contributed by atoms with van der Waals surface area (Å²) in [6.07, 6.45) is 0.263. The molecule has 4 rings (SSSR count). The highest BCUT2D eigenvalue weighted by Gasteiger charge is 2.25. The molecule has 0 bridgehead atoms. The number of carbonyl (C=O) groups excluding carboxylic acids is 2. The molecule has 1 amide bonds. The second-order valence-electron chi connectivity index (χ2n) is 7.80. The number of amides is 1. The summed E-state index contributed by atoms with van der Waals surface area (Å²) < 4.78 is 4.95. The summed E-state index contributed by atoms with van der Waals surface area (Å²) in [7, 11) is 1.29. The van der Waals surface area contributed by atoms with Crippen molar-refractivity contribution < 1.29 is 19.4 Å². The number of hydrogen-bond donors (Lipinski definition) is 2. The number of aromatic hydroxyl groups is 1. The summed E-state index contributed by atoms with van der Waals surface area (Å²) >= 11 is 1.36. The number of nitrogens with one attached hydrogen (secondary N) is 1. The van der Waals surface area contributed by atoms with Crippen molar-refractivity contribution in [2.24, 2.45) is 0 Å². The number of carbonyl (C=O) groups is 2. The number of fused-ring (bicyclic) bond motifs is 1. The summed E-state index contributed by atoms with van der Waals surface area (Å²) in [4.78, 5) is 34.7. The molecule has 1 heterocycles. The van der Waals surface area contributed by atoms with Gasteiger partial charge >= 0.3 is 5.97 Å². The number of benzene rings is 3. The van der Waals surface area contributed by atoms with Gasteiger partial charge in [-0.1, -0.05) is 61.5 Å². The second-order valence-corrected chi connectivity index (χ2v) is 9.05. The van der Waals surface area contributed by atoms with E-state index in [9.17, 15) is 14.7 Å². The lowest BCUT2D eigenvalue weighted by Crippen LogP contribution is -2.43. The van der Waals surface area contributed by atoms with E-state index in [1.165, 1.54) is 31.0 Å². The van der Waals surface area contributed by atoms with Gasteiger partial charge in [-0.15, -0.1) is 11.8 Å². The fourth-order valence-corrected chi connectivity index (χ4v) is 4.38. The molecule has 0 aliphatic rings. The average Bonchev–Trinajstić information content (AvgIpc) is 2.88. The van der Waals surface area contributed by atoms with Gasteiger partial charge in [0.15, 0.2) is 5.69 Å². The molecule has 2 N–H and O–H groups in total. The van der Waals surface area contributed by atoms with E-state index in [-0.39, 0.29) is 17.9 Å². The van der Waals surface area contributed by atoms with Crippen LogP contribution in [-0.2, 0) is 16.0 Å². The minimum atomic E-state index is -0.896. The minimum absolute atomic E-state index is 0.0699. The Morgan fingerprint density at radius 1 is 0.971 bits per heavy atom. The highest BCUT2D eigenvalue weighted by Crippen LogP contribution is 2.25. The van der Waals surface area contributed by atoms with Crippen LogP contribution in [0.4, 0.5) is 0 Å². The number of phenolic OH excluding ortho intramolecular Hbond substituents is 1. The molecular weight excluding hydrogens is 462 g/mol. The Morgan fingerprint density at radius 3 is 2.37 bits per heavy atom. The fraction of sp³-hybridized carbons (Fsp3) is 0.185. The first-order chi connectivity index (χ1) is 17.0. The van der Waals surface area contributed by atoms with Crippen molar-refractivity contribution in [3.63, 3.8) is 0 Å². The van der Waals surface area contributed by atoms with Crippen LogP contribution in [0.25, 0.3) is 22.2 Å². The van der Waals surface area contributed by atoms with E-state index < -0.39 is 17.9 Å². The first-order valence-electron chi connectivity index (χ1n) is 11.1. The van der Waals surface area contributed by atoms with Gasteiger partial charge in [-0.3, -0.25) is 4.79 Å². The van der Waals surface area contributed by atoms with Crippen LogP contribution in [0.15, 0.2) is 77.8 Å². The third kappa shape index (κ3) is 5.78. The van der Waals surface area contributed by atoms with Crippen molar-refractivity contribution >= 4 is 34.7 Å². The van der Waals surface area contributed by atoms with Gasteiger partial charge in [0, 0.05) is 12.5 Å². The zero-order valence-corrected chi connectivity index (χ0v) is 20.2. The Kier molecular flexibility index (Phi) is 7.62. The number of ether oxygens (including phenoxy) is 1. The van der Waals surface area contributed by atoms with Crippen LogP contribution in [0.2, 0.25) is 0 Å². The van der Waals surface area contributed by atoms with Crippen molar-refractivity contribution in [1.29, 1.82) is 0 Å². The van der Waals surface area contributed by atoms with E-state index in [0.29, 0.717) is 21.8 Å². The molecule has 7 nitrogen and oxygen atoms in total. The first kappa shape index (κ1) is 24.2. The van der Waals surface area contributed by atoms with E-state index >= 15 is 0 Å². The monoisotopic (exact) mass is 487 g/mol. The molecule has 0 saturated carbocycles. The summed E-state index contributed by atoms with van der Waals surface area (Å²) in [5.41, 5.74) is 4.12. The van der Waals surface area contributed by atoms with Gasteiger partial charge in [-0.25, -0.2) is 14.8 Å². The van der Waals surface area contributed by atoms with E-state index in [2.05, 4.69) is 15.3 Å². The highest BCUT2D eigenvalue weighted by atomic mass is 32.2. The summed E-state index contributed by atoms with van der Waals surface area (Å²) in [5.74, 6) is -0.318. The van der Waals surface area contributed by atoms with Crippen molar-refractivity contribution in [3.8, 4) is 16.9 Å². The van der Waals surface area contributed by atoms with Crippen LogP contribution in [0, 0.1) is 0 Å². The van der Waals surface area contributed by atoms with Crippen LogP contribution < -0.4 is 5.32 Å². The first-order valence-corrected chi connectivity index (χ1v) is 12.1. The number of aromatic nitrogens is 2. The molecule has 0 aliphatic carbocycles. The number of nitrogens with zero attached hydrogens (tertiary/aromatic N) is 2. The van der Waals surface area contributed by atoms with Crippen molar-refractivity contribution in [3.05, 3.63) is 84.1 Å². The molecule has 1 atom stereocenters. The van der Waals surface area contributed by atoms with E-state index in [1.807, 2.05) is 61.5 Å². The van der Waals surface area contributed by atoms with Crippen LogP contribution in [-0.4, -0.2) is 45.9 Å². The van der Waals surface area contributed by atoms with Crippen molar-refractivity contribution in [2.75, 3.05) is 12.9 Å². The molecule has 0 unspecified atom stereocenters. The van der Waals surface area contributed by atoms with Gasteiger partial charge in [0.05, 0.1) is 18.1 Å². The topological polar surface area (TPSA) is 101 Å². The van der Waals surface area contributed by atoms with E-state index in [1.54, 1.807) is 6.07 Å². The number of phenols is 1. The van der Waals surface area contributed by atoms with Crippen molar-refractivity contribution in [2.45, 2.75) is 24.4 Å². The molecule has 0 spiro atoms. The number of rotatable bonds is 8. The largest absolute Gasteiger partial charge is 0.508 e. The molecule has 0 fully saturated rings. The predicted octanol–water partition coefficient (Wildman–Crippen LogP) is 4.63. The highest BCUT2D eigenvalue weighted by molar-refractivity contribution is 7.99. The molecule has 35 heavy (non-hydrogen) atoms. The Morgan fingerprint density at radius 2 is 1.69 bits per heavy atom. The summed E-state index contributed by atoms with van der Waals surface area (Å²) in [5, 5.41) is 13.0. The summed E-state index contributed by atoms with van der Waals surface area (Å²) in [6.45, 7) is 1.94. The standard InChI is InChI=1S/C27H25N3O4S/c1-3-35-26-24(28-21-14-13-20(31)16-22(21)30-26)25(32)29-23(27(33)34-2)15-17-9-11-19(12-10-17)18-7-5-4-6-8-18/h4-14,16,23,31H,3,15H2,1-2H3,(H,29,32)/t23-/m0/s1. The SMILES string of the molecule is CCSc1nc2cc(O)ccc2nc1C(=O)N[C@@H](Cc1ccc(-c2ccccc2)cc1)C(=O)OC. The molecule has 8 heteroatoms. The number of esters is 1. The maximum atomic E-state index is 13.2. The van der Waals surface area contributed by atoms with Crippen molar-refractivity contribution in [1.82, 2.24) is 15.3 Å². The van der Waals surface area contributed by atoms with Crippen LogP contribution in [0.1, 0.15) is 23.0 Å². The Balaban J connectivity index is 1.57.